The minimum atomic E-state index is -1.42. The zero-order valence-corrected chi connectivity index (χ0v) is 16.5. The fourth-order valence-corrected chi connectivity index (χ4v) is 3.52. The Morgan fingerprint density at radius 3 is 2.76 bits per heavy atom. The topological polar surface area (TPSA) is 151 Å². The Hall–Kier alpha value is -1.18. The zero-order valence-electron chi connectivity index (χ0n) is 16.5. The van der Waals surface area contributed by atoms with Gasteiger partial charge in [-0.05, 0) is 32.2 Å². The molecule has 6 atom stereocenters. The lowest BCUT2D eigenvalue weighted by Crippen LogP contribution is -2.59. The van der Waals surface area contributed by atoms with E-state index in [-0.39, 0.29) is 6.61 Å². The highest BCUT2D eigenvalue weighted by Crippen LogP contribution is 2.22. The molecular formula is C18H32N4O7. The monoisotopic (exact) mass is 416 g/mol. The lowest BCUT2D eigenvalue weighted by molar-refractivity contribution is -0.301. The van der Waals surface area contributed by atoms with Gasteiger partial charge in [0.25, 0.3) is 0 Å². The second-order valence-electron chi connectivity index (χ2n) is 7.55. The first-order valence-electron chi connectivity index (χ1n) is 10.2. The van der Waals surface area contributed by atoms with Crippen molar-refractivity contribution in [2.24, 2.45) is 0 Å². The third-order valence-electron chi connectivity index (χ3n) is 5.22. The number of aliphatic hydroxyl groups is 4. The molecule has 166 valence electrons. The Morgan fingerprint density at radius 2 is 2.00 bits per heavy atom. The number of unbranched alkanes of at least 4 members (excludes halogenated alkanes) is 1. The van der Waals surface area contributed by atoms with Gasteiger partial charge in [0.1, 0.15) is 30.1 Å². The van der Waals surface area contributed by atoms with Crippen LogP contribution in [0.4, 0.5) is 0 Å². The summed E-state index contributed by atoms with van der Waals surface area (Å²) >= 11 is 0. The Balaban J connectivity index is 1.25. The standard InChI is InChI=1S/C18H32N4O7/c23-10-14-15(24)16(25)17(26)18(29-14)28-7-2-1-6-27-11-13-9-22(21-20-13)8-12-4-3-5-19-12/h9,12,14-19,23-26H,1-8,10-11H2. The molecule has 11 nitrogen and oxygen atoms in total. The van der Waals surface area contributed by atoms with Crippen molar-refractivity contribution in [3.63, 3.8) is 0 Å². The average molecular weight is 416 g/mol. The predicted molar refractivity (Wildman–Crippen MR) is 99.7 cm³/mol. The van der Waals surface area contributed by atoms with Crippen molar-refractivity contribution < 1.29 is 34.6 Å². The van der Waals surface area contributed by atoms with Crippen LogP contribution in [0.5, 0.6) is 0 Å². The van der Waals surface area contributed by atoms with Crippen molar-refractivity contribution in [3.8, 4) is 0 Å². The molecule has 0 saturated carbocycles. The maximum absolute atomic E-state index is 9.89. The van der Waals surface area contributed by atoms with E-state index in [2.05, 4.69) is 15.6 Å². The summed E-state index contributed by atoms with van der Waals surface area (Å²) in [6.07, 6.45) is -0.550. The van der Waals surface area contributed by atoms with E-state index in [1.807, 2.05) is 10.9 Å². The highest BCUT2D eigenvalue weighted by atomic mass is 16.7. The van der Waals surface area contributed by atoms with Crippen molar-refractivity contribution in [2.75, 3.05) is 26.4 Å². The Morgan fingerprint density at radius 1 is 1.17 bits per heavy atom. The molecule has 2 aliphatic heterocycles. The van der Waals surface area contributed by atoms with E-state index in [4.69, 9.17) is 19.3 Å². The molecule has 6 unspecified atom stereocenters. The van der Waals surface area contributed by atoms with Gasteiger partial charge >= 0.3 is 0 Å². The van der Waals surface area contributed by atoms with Gasteiger partial charge in [0, 0.05) is 19.3 Å². The van der Waals surface area contributed by atoms with Crippen LogP contribution in [-0.2, 0) is 27.4 Å². The highest BCUT2D eigenvalue weighted by Gasteiger charge is 2.43. The second-order valence-corrected chi connectivity index (χ2v) is 7.55. The minimum absolute atomic E-state index is 0.288. The summed E-state index contributed by atoms with van der Waals surface area (Å²) < 4.78 is 18.2. The maximum Gasteiger partial charge on any atom is 0.186 e. The molecule has 0 radical (unpaired) electrons. The molecule has 0 spiro atoms. The van der Waals surface area contributed by atoms with Gasteiger partial charge in [0.15, 0.2) is 6.29 Å². The van der Waals surface area contributed by atoms with Crippen LogP contribution < -0.4 is 5.32 Å². The summed E-state index contributed by atoms with van der Waals surface area (Å²) in [5, 5.41) is 50.2. The van der Waals surface area contributed by atoms with Crippen molar-refractivity contribution in [3.05, 3.63) is 11.9 Å². The Labute approximate surface area is 169 Å². The van der Waals surface area contributed by atoms with E-state index in [1.54, 1.807) is 0 Å². The fraction of sp³-hybridized carbons (Fsp3) is 0.889. The number of aromatic nitrogens is 3. The molecule has 11 heteroatoms. The molecule has 0 aliphatic carbocycles. The van der Waals surface area contributed by atoms with Crippen LogP contribution in [0.3, 0.4) is 0 Å². The van der Waals surface area contributed by atoms with Crippen molar-refractivity contribution in [2.45, 2.75) is 75.6 Å². The Kier molecular flexibility index (Phi) is 8.75. The second kappa shape index (κ2) is 11.3. The highest BCUT2D eigenvalue weighted by molar-refractivity contribution is 4.91. The molecule has 3 heterocycles. The summed E-state index contributed by atoms with van der Waals surface area (Å²) in [7, 11) is 0. The molecule has 3 rings (SSSR count). The number of aliphatic hydroxyl groups excluding tert-OH is 4. The van der Waals surface area contributed by atoms with Crippen LogP contribution in [-0.4, -0.2) is 98.5 Å². The summed E-state index contributed by atoms with van der Waals surface area (Å²) in [6.45, 7) is 2.62. The Bertz CT molecular complexity index is 597. The largest absolute Gasteiger partial charge is 0.394 e. The molecule has 0 amide bonds. The molecule has 1 aromatic rings. The lowest BCUT2D eigenvalue weighted by Gasteiger charge is -2.39. The van der Waals surface area contributed by atoms with Crippen LogP contribution in [0.15, 0.2) is 6.20 Å². The number of hydrogen-bond acceptors (Lipinski definition) is 10. The summed E-state index contributed by atoms with van der Waals surface area (Å²) in [5.74, 6) is 0. The van der Waals surface area contributed by atoms with Gasteiger partial charge in [-0.15, -0.1) is 5.10 Å². The fourth-order valence-electron chi connectivity index (χ4n) is 3.52. The first-order chi connectivity index (χ1) is 14.1. The van der Waals surface area contributed by atoms with Crippen molar-refractivity contribution >= 4 is 0 Å². The normalized spacial score (nSPS) is 32.7. The number of rotatable bonds is 11. The van der Waals surface area contributed by atoms with E-state index in [9.17, 15) is 15.3 Å². The smallest absolute Gasteiger partial charge is 0.186 e. The van der Waals surface area contributed by atoms with Gasteiger partial charge in [-0.1, -0.05) is 5.21 Å². The molecule has 5 N–H and O–H groups in total. The molecule has 1 aromatic heterocycles. The third-order valence-corrected chi connectivity index (χ3v) is 5.22. The first-order valence-corrected chi connectivity index (χ1v) is 10.2. The molecule has 0 aromatic carbocycles. The third kappa shape index (κ3) is 6.40. The van der Waals surface area contributed by atoms with Crippen LogP contribution in [0.1, 0.15) is 31.4 Å². The number of ether oxygens (including phenoxy) is 3. The van der Waals surface area contributed by atoms with Crippen molar-refractivity contribution in [1.29, 1.82) is 0 Å². The van der Waals surface area contributed by atoms with E-state index in [1.165, 1.54) is 6.42 Å². The van der Waals surface area contributed by atoms with Crippen LogP contribution in [0.25, 0.3) is 0 Å². The lowest BCUT2D eigenvalue weighted by atomic mass is 9.99. The van der Waals surface area contributed by atoms with Gasteiger partial charge < -0.3 is 40.0 Å². The molecule has 2 aliphatic rings. The van der Waals surface area contributed by atoms with Gasteiger partial charge in [-0.25, -0.2) is 0 Å². The maximum atomic E-state index is 9.89. The van der Waals surface area contributed by atoms with E-state index >= 15 is 0 Å². The molecule has 0 bridgehead atoms. The van der Waals surface area contributed by atoms with E-state index < -0.39 is 37.3 Å². The van der Waals surface area contributed by atoms with E-state index in [0.717, 1.165) is 31.6 Å². The zero-order chi connectivity index (χ0) is 20.6. The summed E-state index contributed by atoms with van der Waals surface area (Å²) in [5.41, 5.74) is 0.792. The average Bonchev–Trinajstić information content (AvgIpc) is 3.39. The summed E-state index contributed by atoms with van der Waals surface area (Å²) in [4.78, 5) is 0. The molecule has 2 saturated heterocycles. The predicted octanol–water partition coefficient (Wildman–Crippen LogP) is -1.86. The molecule has 2 fully saturated rings. The number of nitrogens with one attached hydrogen (secondary N) is 1. The molecule has 29 heavy (non-hydrogen) atoms. The first kappa shape index (κ1) is 22.5. The van der Waals surface area contributed by atoms with Crippen LogP contribution in [0.2, 0.25) is 0 Å². The van der Waals surface area contributed by atoms with Gasteiger partial charge in [0.05, 0.1) is 26.0 Å². The quantitative estimate of drug-likeness (QED) is 0.260. The van der Waals surface area contributed by atoms with Crippen LogP contribution >= 0.6 is 0 Å². The SMILES string of the molecule is OCC1OC(OCCCCOCc2cn(CC3CCCN3)nn2)C(O)C(O)C1O. The minimum Gasteiger partial charge on any atom is -0.394 e. The number of hydrogen-bond donors (Lipinski definition) is 5. The van der Waals surface area contributed by atoms with E-state index in [0.29, 0.717) is 25.7 Å². The summed E-state index contributed by atoms with van der Waals surface area (Å²) in [6, 6.07) is 0.467. The van der Waals surface area contributed by atoms with Gasteiger partial charge in [0.2, 0.25) is 0 Å². The van der Waals surface area contributed by atoms with Crippen LogP contribution in [0, 0.1) is 0 Å². The van der Waals surface area contributed by atoms with Crippen molar-refractivity contribution in [1.82, 2.24) is 20.3 Å². The number of nitrogens with zero attached hydrogens (tertiary/aromatic N) is 3. The molecular weight excluding hydrogens is 384 g/mol. The van der Waals surface area contributed by atoms with Gasteiger partial charge in [-0.3, -0.25) is 4.68 Å². The van der Waals surface area contributed by atoms with Gasteiger partial charge in [-0.2, -0.15) is 0 Å².